The normalized spacial score (nSPS) is 19.7. The third-order valence-electron chi connectivity index (χ3n) is 6.94. The summed E-state index contributed by atoms with van der Waals surface area (Å²) in [6.07, 6.45) is 0. The lowest BCUT2D eigenvalue weighted by molar-refractivity contribution is 0.464. The average molecular weight is 515 g/mol. The van der Waals surface area contributed by atoms with E-state index in [1.54, 1.807) is 41.5 Å². The summed E-state index contributed by atoms with van der Waals surface area (Å²) < 4.78 is 136. The Kier molecular flexibility index (Phi) is 2.95. The van der Waals surface area contributed by atoms with Gasteiger partial charge in [0.2, 0.25) is 0 Å². The standard InChI is InChI=1S/C35H37BO2/c1-20-14-21(2)32(22(3)15-20)23-16-30-33-31(17-23)38-29-13-11-25(35(7,8)9)19-27(29)36(33)26-18-24(34(4,5)6)10-12-28(26)37-30/h10-19H,1-9H3/i1D3,2D3,10D,11D,12D,13D,16D,17D,18D,19D. The Balaban J connectivity index is 1.84. The number of rotatable bonds is 1. The first kappa shape index (κ1) is 13.6. The van der Waals surface area contributed by atoms with Crippen molar-refractivity contribution in [1.82, 2.24) is 0 Å². The number of fused-ring (bicyclic) bond motifs is 4. The summed E-state index contributed by atoms with van der Waals surface area (Å²) in [4.78, 5) is 0. The molecule has 4 aromatic carbocycles. The summed E-state index contributed by atoms with van der Waals surface area (Å²) in [7, 11) is 0. The Morgan fingerprint density at radius 2 is 1.21 bits per heavy atom. The van der Waals surface area contributed by atoms with Gasteiger partial charge < -0.3 is 9.47 Å². The van der Waals surface area contributed by atoms with Crippen LogP contribution in [0.15, 0.2) is 60.5 Å². The Morgan fingerprint density at radius 1 is 0.684 bits per heavy atom. The van der Waals surface area contributed by atoms with E-state index >= 15 is 0 Å². The zero-order chi connectivity index (χ0) is 39.1. The van der Waals surface area contributed by atoms with Crippen molar-refractivity contribution in [3.05, 3.63) is 88.3 Å². The lowest BCUT2D eigenvalue weighted by atomic mass is 9.34. The van der Waals surface area contributed by atoms with E-state index in [1.807, 2.05) is 0 Å². The highest BCUT2D eigenvalue weighted by atomic mass is 16.5. The van der Waals surface area contributed by atoms with Crippen LogP contribution in [0, 0.1) is 20.6 Å². The molecule has 2 aliphatic heterocycles. The maximum atomic E-state index is 9.52. The molecule has 0 bridgehead atoms. The van der Waals surface area contributed by atoms with Gasteiger partial charge in [-0.1, -0.05) is 83.4 Å². The van der Waals surface area contributed by atoms with E-state index in [9.17, 15) is 5.48 Å². The van der Waals surface area contributed by atoms with Gasteiger partial charge in [0.1, 0.15) is 23.0 Å². The number of ether oxygens (including phenoxy) is 2. The molecule has 0 aromatic heterocycles. The molecule has 0 aliphatic carbocycles. The van der Waals surface area contributed by atoms with Crippen LogP contribution < -0.4 is 25.9 Å². The quantitative estimate of drug-likeness (QED) is 0.210. The molecule has 0 N–H and O–H groups in total. The van der Waals surface area contributed by atoms with Gasteiger partial charge in [-0.2, -0.15) is 0 Å². The fourth-order valence-electron chi connectivity index (χ4n) is 4.94. The predicted molar refractivity (Wildman–Crippen MR) is 161 cm³/mol. The fourth-order valence-corrected chi connectivity index (χ4v) is 4.94. The molecule has 2 heterocycles. The van der Waals surface area contributed by atoms with Gasteiger partial charge in [0, 0.05) is 13.7 Å². The largest absolute Gasteiger partial charge is 0.458 e. The van der Waals surface area contributed by atoms with Gasteiger partial charge in [-0.15, -0.1) is 0 Å². The van der Waals surface area contributed by atoms with Gasteiger partial charge in [-0.05, 0) is 99.9 Å². The molecule has 0 unspecified atom stereocenters. The minimum atomic E-state index is -2.90. The summed E-state index contributed by atoms with van der Waals surface area (Å²) in [5.74, 6) is -0.983. The SMILES string of the molecule is [2H]c1c([2H])c(C(C)(C)C)c([2H])c2c1Oc1c([2H])c(-c3c(C)cc(C([2H])([2H])[2H])cc3C([2H])([2H])[2H])c([2H])c3c1B2c1c([2H])c(C(C)(C)C)c([2H])c([2H])c1O3. The minimum absolute atomic E-state index is 0.0573. The van der Waals surface area contributed by atoms with Gasteiger partial charge >= 0.3 is 0 Å². The van der Waals surface area contributed by atoms with Crippen LogP contribution in [-0.2, 0) is 10.8 Å². The summed E-state index contributed by atoms with van der Waals surface area (Å²) in [6, 6.07) is -0.307. The summed E-state index contributed by atoms with van der Waals surface area (Å²) in [5, 5.41) is 0. The third-order valence-corrected chi connectivity index (χ3v) is 6.94. The molecule has 0 radical (unpaired) electrons. The molecule has 0 saturated heterocycles. The lowest BCUT2D eigenvalue weighted by Gasteiger charge is -2.35. The van der Waals surface area contributed by atoms with Crippen molar-refractivity contribution < 1.29 is 28.7 Å². The summed E-state index contributed by atoms with van der Waals surface area (Å²) >= 11 is 0. The third kappa shape index (κ3) is 3.95. The van der Waals surface area contributed by atoms with E-state index in [2.05, 4.69) is 0 Å². The first-order valence-corrected chi connectivity index (χ1v) is 12.6. The van der Waals surface area contributed by atoms with Crippen LogP contribution in [0.25, 0.3) is 11.1 Å². The molecule has 0 fully saturated rings. The maximum Gasteiger partial charge on any atom is 0.260 e. The highest BCUT2D eigenvalue weighted by Crippen LogP contribution is 2.41. The highest BCUT2D eigenvalue weighted by Gasteiger charge is 2.41. The van der Waals surface area contributed by atoms with Gasteiger partial charge in [0.05, 0.1) is 11.0 Å². The predicted octanol–water partition coefficient (Wildman–Crippen LogP) is 7.60. The Bertz CT molecular complexity index is 2130. The zero-order valence-electron chi connectivity index (χ0n) is 36.5. The molecule has 6 rings (SSSR count). The fraction of sp³-hybridized carbons (Fsp3) is 0.314. The molecular formula is C35H37BO2. The number of benzene rings is 4. The Labute approximate surface area is 247 Å². The molecule has 0 spiro atoms. The van der Waals surface area contributed by atoms with E-state index < -0.39 is 48.9 Å². The van der Waals surface area contributed by atoms with Crippen LogP contribution >= 0.6 is 0 Å². The molecule has 38 heavy (non-hydrogen) atoms. The molecule has 0 atom stereocenters. The molecule has 3 heteroatoms. The highest BCUT2D eigenvalue weighted by molar-refractivity contribution is 6.98. The smallest absolute Gasteiger partial charge is 0.260 e. The van der Waals surface area contributed by atoms with Crippen molar-refractivity contribution in [2.75, 3.05) is 0 Å². The van der Waals surface area contributed by atoms with E-state index in [-0.39, 0.29) is 109 Å². The second kappa shape index (κ2) is 8.27. The maximum absolute atomic E-state index is 9.52. The zero-order valence-corrected chi connectivity index (χ0v) is 22.5. The molecule has 0 saturated carbocycles. The van der Waals surface area contributed by atoms with Crippen LogP contribution in [0.4, 0.5) is 0 Å². The van der Waals surface area contributed by atoms with Gasteiger partial charge in [-0.25, -0.2) is 0 Å². The topological polar surface area (TPSA) is 18.5 Å². The minimum Gasteiger partial charge on any atom is -0.458 e. The van der Waals surface area contributed by atoms with Crippen LogP contribution in [0.2, 0.25) is 0 Å². The van der Waals surface area contributed by atoms with Crippen molar-refractivity contribution in [1.29, 1.82) is 0 Å². The van der Waals surface area contributed by atoms with Crippen LogP contribution in [0.5, 0.6) is 23.0 Å². The van der Waals surface area contributed by atoms with Crippen molar-refractivity contribution in [2.45, 2.75) is 73.0 Å². The molecule has 192 valence electrons. The first-order chi connectivity index (χ1) is 23.6. The van der Waals surface area contributed by atoms with E-state index in [0.29, 0.717) is 0 Å². The van der Waals surface area contributed by atoms with Gasteiger partial charge in [0.25, 0.3) is 6.71 Å². The lowest BCUT2D eigenvalue weighted by Crippen LogP contribution is -2.57. The van der Waals surface area contributed by atoms with E-state index in [1.165, 1.54) is 13.0 Å². The van der Waals surface area contributed by atoms with E-state index in [0.717, 1.165) is 6.07 Å². The number of aryl methyl sites for hydroxylation is 3. The van der Waals surface area contributed by atoms with Crippen molar-refractivity contribution in [3.63, 3.8) is 0 Å². The molecular weight excluding hydrogens is 463 g/mol. The number of hydrogen-bond acceptors (Lipinski definition) is 2. The molecule has 2 nitrogen and oxygen atoms in total. The average Bonchev–Trinajstić information content (AvgIpc) is 2.98. The van der Waals surface area contributed by atoms with Crippen LogP contribution in [-0.4, -0.2) is 6.71 Å². The number of hydrogen-bond donors (Lipinski definition) is 0. The Hall–Kier alpha value is -3.46. The van der Waals surface area contributed by atoms with Crippen molar-refractivity contribution in [3.8, 4) is 34.1 Å². The molecule has 0 amide bonds. The van der Waals surface area contributed by atoms with Crippen LogP contribution in [0.1, 0.15) is 88.6 Å². The second-order valence-corrected chi connectivity index (χ2v) is 12.0. The van der Waals surface area contributed by atoms with Crippen molar-refractivity contribution >= 4 is 23.1 Å². The van der Waals surface area contributed by atoms with Crippen molar-refractivity contribution in [2.24, 2.45) is 0 Å². The van der Waals surface area contributed by atoms with Gasteiger partial charge in [-0.3, -0.25) is 0 Å². The Morgan fingerprint density at radius 3 is 1.68 bits per heavy atom. The first-order valence-electron chi connectivity index (χ1n) is 19.6. The van der Waals surface area contributed by atoms with Gasteiger partial charge in [0.15, 0.2) is 0 Å². The van der Waals surface area contributed by atoms with E-state index in [4.69, 9.17) is 23.2 Å². The molecule has 2 aliphatic rings. The molecule has 4 aromatic rings. The monoisotopic (exact) mass is 514 g/mol. The second-order valence-electron chi connectivity index (χ2n) is 12.0. The van der Waals surface area contributed by atoms with Crippen LogP contribution in [0.3, 0.4) is 0 Å². The summed E-state index contributed by atoms with van der Waals surface area (Å²) in [5.41, 5.74) is -1.82. The summed E-state index contributed by atoms with van der Waals surface area (Å²) in [6.45, 7) is 5.49.